The molecule has 31 heavy (non-hydrogen) atoms. The van der Waals surface area contributed by atoms with E-state index in [4.69, 9.17) is 14.9 Å². The van der Waals surface area contributed by atoms with Gasteiger partial charge in [0.25, 0.3) is 0 Å². The molecule has 166 valence electrons. The maximum Gasteiger partial charge on any atom is 0.407 e. The number of nitrogens with one attached hydrogen (secondary N) is 1. The Hall–Kier alpha value is -3.03. The van der Waals surface area contributed by atoms with Crippen LogP contribution >= 0.6 is 0 Å². The van der Waals surface area contributed by atoms with E-state index in [0.717, 1.165) is 22.3 Å². The summed E-state index contributed by atoms with van der Waals surface area (Å²) in [6, 6.07) is 15.2. The zero-order valence-corrected chi connectivity index (χ0v) is 18.0. The monoisotopic (exact) mass is 427 g/mol. The molecule has 1 aliphatic carbocycles. The van der Waals surface area contributed by atoms with E-state index in [0.29, 0.717) is 0 Å². The molecule has 2 aromatic carbocycles. The van der Waals surface area contributed by atoms with Crippen LogP contribution in [0.25, 0.3) is 11.1 Å². The minimum absolute atomic E-state index is 0.0324. The molecule has 0 radical (unpaired) electrons. The Morgan fingerprint density at radius 1 is 0.903 bits per heavy atom. The number of alkyl carbamates (subject to hydrolysis) is 1. The Morgan fingerprint density at radius 3 is 1.81 bits per heavy atom. The van der Waals surface area contributed by atoms with Gasteiger partial charge in [-0.05, 0) is 36.1 Å². The standard InChI is InChI=1S/C19H19NO4.C5H10O2/c1-12(22)18(10-21)20-19(23)24-11-17-15-8-4-2-6-13(15)14-7-3-5-9-16(14)17;1-4(3-6)5(2)7/h2-9,17-18,21H,10-11H2,1H3,(H,20,23);4,6H,3H2,1-2H3. The van der Waals surface area contributed by atoms with Gasteiger partial charge in [-0.2, -0.15) is 0 Å². The smallest absolute Gasteiger partial charge is 0.407 e. The average Bonchev–Trinajstić information content (AvgIpc) is 3.09. The second-order valence-electron chi connectivity index (χ2n) is 7.51. The maximum atomic E-state index is 11.9. The number of carbonyl (C=O) groups is 3. The number of aliphatic hydroxyl groups excluding tert-OH is 2. The number of Topliss-reactive ketones (excluding diaryl/α,β-unsaturated/α-hetero) is 2. The molecule has 3 rings (SSSR count). The summed E-state index contributed by atoms with van der Waals surface area (Å²) in [4.78, 5) is 33.4. The third kappa shape index (κ3) is 6.23. The quantitative estimate of drug-likeness (QED) is 0.626. The number of rotatable bonds is 7. The first-order chi connectivity index (χ1) is 14.8. The highest BCUT2D eigenvalue weighted by Crippen LogP contribution is 2.44. The molecule has 0 bridgehead atoms. The first-order valence-corrected chi connectivity index (χ1v) is 10.1. The topological polar surface area (TPSA) is 113 Å². The molecular formula is C24H29NO6. The summed E-state index contributed by atoms with van der Waals surface area (Å²) in [7, 11) is 0. The van der Waals surface area contributed by atoms with Crippen molar-refractivity contribution < 1.29 is 29.3 Å². The highest BCUT2D eigenvalue weighted by molar-refractivity contribution is 5.85. The van der Waals surface area contributed by atoms with E-state index in [1.54, 1.807) is 6.92 Å². The van der Waals surface area contributed by atoms with E-state index in [9.17, 15) is 14.4 Å². The van der Waals surface area contributed by atoms with E-state index in [2.05, 4.69) is 17.4 Å². The fourth-order valence-corrected chi connectivity index (χ4v) is 3.19. The minimum atomic E-state index is -0.930. The van der Waals surface area contributed by atoms with Gasteiger partial charge in [-0.3, -0.25) is 9.59 Å². The Balaban J connectivity index is 0.000000423. The van der Waals surface area contributed by atoms with Crippen LogP contribution < -0.4 is 5.32 Å². The Bertz CT molecular complexity index is 880. The van der Waals surface area contributed by atoms with Crippen molar-refractivity contribution in [1.82, 2.24) is 5.32 Å². The highest BCUT2D eigenvalue weighted by atomic mass is 16.5. The van der Waals surface area contributed by atoms with E-state index >= 15 is 0 Å². The first-order valence-electron chi connectivity index (χ1n) is 10.1. The number of benzene rings is 2. The predicted molar refractivity (Wildman–Crippen MR) is 117 cm³/mol. The summed E-state index contributed by atoms with van der Waals surface area (Å²) in [6.45, 7) is 4.18. The number of hydrogen-bond acceptors (Lipinski definition) is 6. The largest absolute Gasteiger partial charge is 0.449 e. The van der Waals surface area contributed by atoms with Crippen molar-refractivity contribution in [2.75, 3.05) is 19.8 Å². The molecule has 3 N–H and O–H groups in total. The van der Waals surface area contributed by atoms with E-state index in [1.165, 1.54) is 13.8 Å². The lowest BCUT2D eigenvalue weighted by Gasteiger charge is -2.17. The summed E-state index contributed by atoms with van der Waals surface area (Å²) in [5, 5.41) is 19.8. The molecule has 0 heterocycles. The van der Waals surface area contributed by atoms with Gasteiger partial charge < -0.3 is 20.3 Å². The van der Waals surface area contributed by atoms with Crippen molar-refractivity contribution in [2.24, 2.45) is 5.92 Å². The van der Waals surface area contributed by atoms with Gasteiger partial charge in [0.15, 0.2) is 5.78 Å². The van der Waals surface area contributed by atoms with Gasteiger partial charge in [0.2, 0.25) is 0 Å². The lowest BCUT2D eigenvalue weighted by atomic mass is 9.98. The van der Waals surface area contributed by atoms with E-state index in [1.807, 2.05) is 36.4 Å². The third-order valence-electron chi connectivity index (χ3n) is 5.28. The van der Waals surface area contributed by atoms with Crippen LogP contribution in [-0.2, 0) is 14.3 Å². The molecule has 7 nitrogen and oxygen atoms in total. The van der Waals surface area contributed by atoms with Crippen molar-refractivity contribution in [2.45, 2.75) is 32.7 Å². The van der Waals surface area contributed by atoms with Gasteiger partial charge in [0.05, 0.1) is 13.2 Å². The molecule has 7 heteroatoms. The number of ether oxygens (including phenoxy) is 1. The number of ketones is 2. The molecule has 1 aliphatic rings. The molecule has 0 fully saturated rings. The molecule has 0 aliphatic heterocycles. The summed E-state index contributed by atoms with van der Waals surface area (Å²) in [6.07, 6.45) is -0.703. The first kappa shape index (κ1) is 24.2. The Morgan fingerprint density at radius 2 is 1.42 bits per heavy atom. The van der Waals surface area contributed by atoms with Crippen molar-refractivity contribution in [3.8, 4) is 11.1 Å². The number of hydrogen-bond donors (Lipinski definition) is 3. The molecule has 2 atom stereocenters. The van der Waals surface area contributed by atoms with Crippen molar-refractivity contribution in [3.63, 3.8) is 0 Å². The fraction of sp³-hybridized carbons (Fsp3) is 0.375. The Kier molecular flexibility index (Phi) is 8.90. The highest BCUT2D eigenvalue weighted by Gasteiger charge is 2.29. The molecule has 2 unspecified atom stereocenters. The van der Waals surface area contributed by atoms with Gasteiger partial charge in [-0.25, -0.2) is 4.79 Å². The molecule has 0 aromatic heterocycles. The van der Waals surface area contributed by atoms with Crippen LogP contribution in [0.2, 0.25) is 0 Å². The van der Waals surface area contributed by atoms with Crippen LogP contribution in [0.5, 0.6) is 0 Å². The lowest BCUT2D eigenvalue weighted by Crippen LogP contribution is -2.42. The van der Waals surface area contributed by atoms with Gasteiger partial charge in [-0.1, -0.05) is 55.5 Å². The molecule has 2 aromatic rings. The number of amides is 1. The van der Waals surface area contributed by atoms with Crippen molar-refractivity contribution in [3.05, 3.63) is 59.7 Å². The number of aliphatic hydroxyl groups is 2. The maximum absolute atomic E-state index is 11.9. The lowest BCUT2D eigenvalue weighted by molar-refractivity contribution is -0.121. The molecule has 1 amide bonds. The second-order valence-corrected chi connectivity index (χ2v) is 7.51. The van der Waals surface area contributed by atoms with Gasteiger partial charge in [-0.15, -0.1) is 0 Å². The average molecular weight is 427 g/mol. The van der Waals surface area contributed by atoms with Crippen LogP contribution in [0, 0.1) is 5.92 Å². The summed E-state index contributed by atoms with van der Waals surface area (Å²) in [5.41, 5.74) is 4.55. The predicted octanol–water partition coefficient (Wildman–Crippen LogP) is 2.68. The second kappa shape index (κ2) is 11.4. The number of carbonyl (C=O) groups excluding carboxylic acids is 3. The summed E-state index contributed by atoms with van der Waals surface area (Å²) < 4.78 is 5.31. The van der Waals surface area contributed by atoms with Crippen LogP contribution in [0.4, 0.5) is 4.79 Å². The van der Waals surface area contributed by atoms with Crippen LogP contribution in [0.1, 0.15) is 37.8 Å². The zero-order chi connectivity index (χ0) is 23.0. The summed E-state index contributed by atoms with van der Waals surface area (Å²) in [5.74, 6) is -0.485. The molecule has 0 saturated carbocycles. The summed E-state index contributed by atoms with van der Waals surface area (Å²) >= 11 is 0. The van der Waals surface area contributed by atoms with Crippen LogP contribution in [0.15, 0.2) is 48.5 Å². The van der Waals surface area contributed by atoms with E-state index < -0.39 is 18.7 Å². The number of fused-ring (bicyclic) bond motifs is 3. The van der Waals surface area contributed by atoms with Crippen molar-refractivity contribution >= 4 is 17.7 Å². The fourth-order valence-electron chi connectivity index (χ4n) is 3.19. The van der Waals surface area contributed by atoms with Crippen LogP contribution in [-0.4, -0.2) is 53.7 Å². The minimum Gasteiger partial charge on any atom is -0.449 e. The van der Waals surface area contributed by atoms with E-state index in [-0.39, 0.29) is 36.6 Å². The molecule has 0 saturated heterocycles. The van der Waals surface area contributed by atoms with Gasteiger partial charge >= 0.3 is 6.09 Å². The molecular weight excluding hydrogens is 398 g/mol. The third-order valence-corrected chi connectivity index (χ3v) is 5.28. The zero-order valence-electron chi connectivity index (χ0n) is 18.0. The van der Waals surface area contributed by atoms with Crippen LogP contribution in [0.3, 0.4) is 0 Å². The van der Waals surface area contributed by atoms with Crippen molar-refractivity contribution in [1.29, 1.82) is 0 Å². The Labute approximate surface area is 182 Å². The van der Waals surface area contributed by atoms with Gasteiger partial charge in [0.1, 0.15) is 18.4 Å². The molecule has 0 spiro atoms. The normalized spacial score (nSPS) is 13.7. The van der Waals surface area contributed by atoms with Gasteiger partial charge in [0, 0.05) is 11.8 Å². The SMILES string of the molecule is CC(=O)C(C)CO.CC(=O)C(CO)NC(=O)OCC1c2ccccc2-c2ccccc21.